The molecule has 2 aromatic rings. The van der Waals surface area contributed by atoms with Crippen LogP contribution in [0.5, 0.6) is 0 Å². The van der Waals surface area contributed by atoms with Crippen molar-refractivity contribution >= 4 is 27.6 Å². The first kappa shape index (κ1) is 25.7. The summed E-state index contributed by atoms with van der Waals surface area (Å²) in [6.07, 6.45) is -4.67. The van der Waals surface area contributed by atoms with Crippen LogP contribution >= 0.6 is 0 Å². The zero-order chi connectivity index (χ0) is 25.1. The van der Waals surface area contributed by atoms with Crippen LogP contribution in [0.2, 0.25) is 0 Å². The number of alkyl halides is 3. The highest BCUT2D eigenvalue weighted by Crippen LogP contribution is 2.36. The number of benzene rings is 2. The molecule has 2 aromatic carbocycles. The van der Waals surface area contributed by atoms with Gasteiger partial charge in [-0.15, -0.1) is 0 Å². The lowest BCUT2D eigenvalue weighted by Gasteiger charge is -2.30. The molecule has 0 atom stereocenters. The maximum Gasteiger partial charge on any atom is 0.417 e. The molecule has 7 nitrogen and oxygen atoms in total. The Bertz CT molecular complexity index is 1170. The van der Waals surface area contributed by atoms with Crippen LogP contribution < -0.4 is 5.32 Å². The van der Waals surface area contributed by atoms with Gasteiger partial charge < -0.3 is 10.1 Å². The quantitative estimate of drug-likeness (QED) is 0.610. The van der Waals surface area contributed by atoms with Gasteiger partial charge in [0.05, 0.1) is 16.4 Å². The van der Waals surface area contributed by atoms with Gasteiger partial charge in [-0.25, -0.2) is 8.42 Å². The Morgan fingerprint density at radius 1 is 1.06 bits per heavy atom. The highest BCUT2D eigenvalue weighted by Gasteiger charge is 2.40. The second-order valence-electron chi connectivity index (χ2n) is 8.13. The van der Waals surface area contributed by atoms with Crippen molar-refractivity contribution in [3.8, 4) is 0 Å². The Hall–Kier alpha value is -2.92. The number of nitrogens with zero attached hydrogens (tertiary/aromatic N) is 1. The van der Waals surface area contributed by atoms with E-state index in [4.69, 9.17) is 4.74 Å². The summed E-state index contributed by atoms with van der Waals surface area (Å²) < 4.78 is 71.4. The number of sulfonamides is 1. The Kier molecular flexibility index (Phi) is 7.67. The van der Waals surface area contributed by atoms with E-state index in [1.807, 2.05) is 19.9 Å². The van der Waals surface area contributed by atoms with Crippen LogP contribution in [0.1, 0.15) is 29.5 Å². The topological polar surface area (TPSA) is 92.8 Å². The summed E-state index contributed by atoms with van der Waals surface area (Å²) in [5.74, 6) is -1.82. The summed E-state index contributed by atoms with van der Waals surface area (Å²) in [4.78, 5) is 23.6. The van der Waals surface area contributed by atoms with Crippen molar-refractivity contribution in [2.75, 3.05) is 25.0 Å². The summed E-state index contributed by atoms with van der Waals surface area (Å²) in [5, 5.41) is 2.64. The molecule has 1 aliphatic rings. The molecule has 0 radical (unpaired) electrons. The largest absolute Gasteiger partial charge is 0.455 e. The SMILES string of the molecule is Cc1ccc(NC(=O)COC(=O)C2CCN(S(=O)(=O)c3ccccc3C(F)(F)F)CC2)cc1C. The minimum absolute atomic E-state index is 0.0744. The first-order valence-corrected chi connectivity index (χ1v) is 12.0. The molecule has 1 amide bonds. The van der Waals surface area contributed by atoms with Crippen LogP contribution in [0, 0.1) is 19.8 Å². The highest BCUT2D eigenvalue weighted by molar-refractivity contribution is 7.89. The third-order valence-corrected chi connectivity index (χ3v) is 7.69. The summed E-state index contributed by atoms with van der Waals surface area (Å²) in [6, 6.07) is 9.38. The lowest BCUT2D eigenvalue weighted by Crippen LogP contribution is -2.41. The van der Waals surface area contributed by atoms with Gasteiger partial charge in [-0.05, 0) is 62.1 Å². The van der Waals surface area contributed by atoms with Gasteiger partial charge >= 0.3 is 12.1 Å². The molecule has 0 aliphatic carbocycles. The second-order valence-corrected chi connectivity index (χ2v) is 10.0. The number of carbonyl (C=O) groups excluding carboxylic acids is 2. The number of carbonyl (C=O) groups is 2. The average Bonchev–Trinajstić information content (AvgIpc) is 2.79. The molecule has 11 heteroatoms. The average molecular weight is 499 g/mol. The summed E-state index contributed by atoms with van der Waals surface area (Å²) >= 11 is 0. The Balaban J connectivity index is 1.55. The van der Waals surface area contributed by atoms with E-state index >= 15 is 0 Å². The lowest BCUT2D eigenvalue weighted by molar-refractivity contribution is -0.152. The molecule has 1 saturated heterocycles. The molecule has 3 rings (SSSR count). The molecule has 0 unspecified atom stereocenters. The molecule has 1 aliphatic heterocycles. The minimum atomic E-state index is -4.82. The van der Waals surface area contributed by atoms with E-state index in [1.165, 1.54) is 6.07 Å². The van der Waals surface area contributed by atoms with Crippen molar-refractivity contribution in [3.05, 3.63) is 59.2 Å². The van der Waals surface area contributed by atoms with Crippen LogP contribution in [0.4, 0.5) is 18.9 Å². The number of rotatable bonds is 6. The summed E-state index contributed by atoms with van der Waals surface area (Å²) in [7, 11) is -4.39. The number of piperidine rings is 1. The van der Waals surface area contributed by atoms with E-state index in [0.717, 1.165) is 33.6 Å². The van der Waals surface area contributed by atoms with Crippen molar-refractivity contribution in [1.82, 2.24) is 4.31 Å². The molecule has 0 saturated carbocycles. The minimum Gasteiger partial charge on any atom is -0.455 e. The smallest absolute Gasteiger partial charge is 0.417 e. The molecule has 1 heterocycles. The van der Waals surface area contributed by atoms with Crippen LogP contribution in [0.15, 0.2) is 47.4 Å². The van der Waals surface area contributed by atoms with Gasteiger partial charge in [-0.1, -0.05) is 18.2 Å². The van der Waals surface area contributed by atoms with Gasteiger partial charge in [0.2, 0.25) is 10.0 Å². The van der Waals surface area contributed by atoms with Gasteiger partial charge in [0.1, 0.15) is 0 Å². The number of esters is 1. The van der Waals surface area contributed by atoms with Crippen molar-refractivity contribution in [2.45, 2.75) is 37.8 Å². The number of ether oxygens (including phenoxy) is 1. The molecule has 34 heavy (non-hydrogen) atoms. The number of halogens is 3. The van der Waals surface area contributed by atoms with Gasteiger partial charge in [0.25, 0.3) is 5.91 Å². The zero-order valence-corrected chi connectivity index (χ0v) is 19.5. The third kappa shape index (κ3) is 5.95. The molecule has 0 aromatic heterocycles. The highest BCUT2D eigenvalue weighted by atomic mass is 32.2. The van der Waals surface area contributed by atoms with Crippen molar-refractivity contribution < 1.29 is 35.9 Å². The lowest BCUT2D eigenvalue weighted by atomic mass is 9.98. The fraction of sp³-hybridized carbons (Fsp3) is 0.391. The van der Waals surface area contributed by atoms with Gasteiger partial charge in [0.15, 0.2) is 6.61 Å². The van der Waals surface area contributed by atoms with E-state index in [2.05, 4.69) is 5.32 Å². The van der Waals surface area contributed by atoms with Crippen molar-refractivity contribution in [2.24, 2.45) is 5.92 Å². The molecule has 184 valence electrons. The Morgan fingerprint density at radius 3 is 2.32 bits per heavy atom. The molecular formula is C23H25F3N2O5S. The molecule has 1 N–H and O–H groups in total. The standard InChI is InChI=1S/C23H25F3N2O5S/c1-15-7-8-18(13-16(15)2)27-21(29)14-33-22(30)17-9-11-28(12-10-17)34(31,32)20-6-4-3-5-19(20)23(24,25)26/h3-8,13,17H,9-12,14H2,1-2H3,(H,27,29). The molecule has 1 fully saturated rings. The van der Waals surface area contributed by atoms with Gasteiger partial charge in [-0.3, -0.25) is 9.59 Å². The van der Waals surface area contributed by atoms with E-state index in [0.29, 0.717) is 5.69 Å². The van der Waals surface area contributed by atoms with Crippen LogP contribution in [-0.4, -0.2) is 44.3 Å². The van der Waals surface area contributed by atoms with E-state index < -0.39 is 51.1 Å². The predicted octanol–water partition coefficient (Wildman–Crippen LogP) is 3.90. The predicted molar refractivity (Wildman–Crippen MR) is 118 cm³/mol. The fourth-order valence-electron chi connectivity index (χ4n) is 3.67. The Labute approximate surface area is 196 Å². The third-order valence-electron chi connectivity index (χ3n) is 5.73. The van der Waals surface area contributed by atoms with Gasteiger partial charge in [0, 0.05) is 18.8 Å². The number of hydrogen-bond acceptors (Lipinski definition) is 5. The van der Waals surface area contributed by atoms with Crippen LogP contribution in [0.3, 0.4) is 0 Å². The number of aryl methyl sites for hydroxylation is 2. The molecular weight excluding hydrogens is 473 g/mol. The maximum absolute atomic E-state index is 13.3. The first-order valence-electron chi connectivity index (χ1n) is 10.6. The zero-order valence-electron chi connectivity index (χ0n) is 18.7. The molecule has 0 bridgehead atoms. The van der Waals surface area contributed by atoms with Crippen molar-refractivity contribution in [3.63, 3.8) is 0 Å². The number of nitrogens with one attached hydrogen (secondary N) is 1. The van der Waals surface area contributed by atoms with Crippen LogP contribution in [-0.2, 0) is 30.5 Å². The normalized spacial score (nSPS) is 15.7. The number of hydrogen-bond donors (Lipinski definition) is 1. The number of amides is 1. The summed E-state index contributed by atoms with van der Waals surface area (Å²) in [5.41, 5.74) is 1.40. The maximum atomic E-state index is 13.3. The van der Waals surface area contributed by atoms with Crippen LogP contribution in [0.25, 0.3) is 0 Å². The monoisotopic (exact) mass is 498 g/mol. The summed E-state index contributed by atoms with van der Waals surface area (Å²) in [6.45, 7) is 3.07. The van der Waals surface area contributed by atoms with Crippen molar-refractivity contribution in [1.29, 1.82) is 0 Å². The fourth-order valence-corrected chi connectivity index (χ4v) is 5.35. The molecule has 0 spiro atoms. The first-order chi connectivity index (χ1) is 15.9. The second kappa shape index (κ2) is 10.1. The Morgan fingerprint density at radius 2 is 1.71 bits per heavy atom. The van der Waals surface area contributed by atoms with E-state index in [1.54, 1.807) is 12.1 Å². The van der Waals surface area contributed by atoms with E-state index in [-0.39, 0.29) is 25.9 Å². The number of anilines is 1. The van der Waals surface area contributed by atoms with Gasteiger partial charge in [-0.2, -0.15) is 17.5 Å². The van der Waals surface area contributed by atoms with E-state index in [9.17, 15) is 31.2 Å².